The Balaban J connectivity index is 1.44. The van der Waals surface area contributed by atoms with Crippen LogP contribution in [-0.4, -0.2) is 24.1 Å². The average molecular weight is 330 g/mol. The molecule has 0 spiro atoms. The quantitative estimate of drug-likeness (QED) is 0.886. The summed E-state index contributed by atoms with van der Waals surface area (Å²) in [7, 11) is 0. The molecule has 122 valence electrons. The van der Waals surface area contributed by atoms with Gasteiger partial charge >= 0.3 is 0 Å². The van der Waals surface area contributed by atoms with E-state index >= 15 is 0 Å². The summed E-state index contributed by atoms with van der Waals surface area (Å²) in [5.74, 6) is 0.229. The van der Waals surface area contributed by atoms with Gasteiger partial charge in [-0.15, -0.1) is 11.3 Å². The summed E-state index contributed by atoms with van der Waals surface area (Å²) in [6.45, 7) is 1.91. The highest BCUT2D eigenvalue weighted by Crippen LogP contribution is 2.16. The number of amides is 1. The molecule has 0 saturated carbocycles. The Hall–Kier alpha value is -1.72. The highest BCUT2D eigenvalue weighted by atomic mass is 32.1. The van der Waals surface area contributed by atoms with Gasteiger partial charge in [-0.1, -0.05) is 30.3 Å². The third kappa shape index (κ3) is 4.88. The molecule has 0 atom stereocenters. The molecule has 1 fully saturated rings. The molecule has 1 aromatic heterocycles. The number of thiazole rings is 1. The zero-order valence-corrected chi connectivity index (χ0v) is 14.0. The van der Waals surface area contributed by atoms with Crippen LogP contribution in [0.2, 0.25) is 0 Å². The molecule has 1 aliphatic rings. The largest absolute Gasteiger partial charge is 0.381 e. The number of nitrogens with one attached hydrogen (secondary N) is 1. The standard InChI is InChI=1S/C18H22N2O2S/c21-18(15-8-10-22-11-9-15)19-12-16-13-23-17(20-16)7-6-14-4-2-1-3-5-14/h1-5,13,15H,6-12H2,(H,19,21). The van der Waals surface area contributed by atoms with Crippen LogP contribution >= 0.6 is 11.3 Å². The van der Waals surface area contributed by atoms with Gasteiger partial charge in [-0.05, 0) is 24.8 Å². The molecular weight excluding hydrogens is 308 g/mol. The molecule has 2 heterocycles. The van der Waals surface area contributed by atoms with Gasteiger partial charge in [0, 0.05) is 30.9 Å². The van der Waals surface area contributed by atoms with Gasteiger partial charge in [0.25, 0.3) is 0 Å². The average Bonchev–Trinajstić information content (AvgIpc) is 3.07. The summed E-state index contributed by atoms with van der Waals surface area (Å²) < 4.78 is 5.29. The second-order valence-electron chi connectivity index (χ2n) is 5.82. The van der Waals surface area contributed by atoms with Crippen LogP contribution in [-0.2, 0) is 28.9 Å². The molecule has 0 unspecified atom stereocenters. The maximum absolute atomic E-state index is 12.1. The highest BCUT2D eigenvalue weighted by molar-refractivity contribution is 7.09. The fourth-order valence-corrected chi connectivity index (χ4v) is 3.52. The minimum absolute atomic E-state index is 0.0972. The van der Waals surface area contributed by atoms with Crippen molar-refractivity contribution in [3.63, 3.8) is 0 Å². The van der Waals surface area contributed by atoms with E-state index in [9.17, 15) is 4.79 Å². The van der Waals surface area contributed by atoms with Crippen molar-refractivity contribution in [2.24, 2.45) is 5.92 Å². The summed E-state index contributed by atoms with van der Waals surface area (Å²) in [4.78, 5) is 16.7. The molecule has 1 aromatic carbocycles. The number of hydrogen-bond acceptors (Lipinski definition) is 4. The van der Waals surface area contributed by atoms with Crippen molar-refractivity contribution < 1.29 is 9.53 Å². The number of hydrogen-bond donors (Lipinski definition) is 1. The molecule has 3 rings (SSSR count). The molecule has 5 heteroatoms. The molecule has 0 aliphatic carbocycles. The Morgan fingerprint density at radius 1 is 1.22 bits per heavy atom. The maximum Gasteiger partial charge on any atom is 0.223 e. The topological polar surface area (TPSA) is 51.2 Å². The molecule has 1 aliphatic heterocycles. The fraction of sp³-hybridized carbons (Fsp3) is 0.444. The fourth-order valence-electron chi connectivity index (χ4n) is 2.72. The molecule has 0 bridgehead atoms. The van der Waals surface area contributed by atoms with Crippen molar-refractivity contribution >= 4 is 17.2 Å². The normalized spacial score (nSPS) is 15.5. The first kappa shape index (κ1) is 16.1. The molecule has 23 heavy (non-hydrogen) atoms. The lowest BCUT2D eigenvalue weighted by Crippen LogP contribution is -2.33. The third-order valence-electron chi connectivity index (χ3n) is 4.11. The number of nitrogens with zero attached hydrogens (tertiary/aromatic N) is 1. The van der Waals surface area contributed by atoms with Crippen molar-refractivity contribution in [2.75, 3.05) is 13.2 Å². The van der Waals surface area contributed by atoms with E-state index in [1.54, 1.807) is 11.3 Å². The van der Waals surface area contributed by atoms with Crippen LogP contribution < -0.4 is 5.32 Å². The van der Waals surface area contributed by atoms with Crippen LogP contribution in [0, 0.1) is 5.92 Å². The van der Waals surface area contributed by atoms with Crippen molar-refractivity contribution in [3.8, 4) is 0 Å². The lowest BCUT2D eigenvalue weighted by molar-refractivity contribution is -0.128. The van der Waals surface area contributed by atoms with Gasteiger partial charge in [-0.25, -0.2) is 4.98 Å². The van der Waals surface area contributed by atoms with Crippen molar-refractivity contribution in [3.05, 3.63) is 52.0 Å². The molecule has 1 N–H and O–H groups in total. The Bertz CT molecular complexity index is 621. The number of aryl methyl sites for hydroxylation is 2. The first-order valence-electron chi connectivity index (χ1n) is 8.14. The number of carbonyl (C=O) groups excluding carboxylic acids is 1. The first-order valence-corrected chi connectivity index (χ1v) is 9.02. The Morgan fingerprint density at radius 3 is 2.78 bits per heavy atom. The van der Waals surface area contributed by atoms with E-state index < -0.39 is 0 Å². The van der Waals surface area contributed by atoms with Crippen LogP contribution in [0.5, 0.6) is 0 Å². The van der Waals surface area contributed by atoms with Crippen molar-refractivity contribution in [1.82, 2.24) is 10.3 Å². The van der Waals surface area contributed by atoms with Gasteiger partial charge in [-0.2, -0.15) is 0 Å². The van der Waals surface area contributed by atoms with Gasteiger partial charge in [0.15, 0.2) is 0 Å². The molecule has 1 amide bonds. The monoisotopic (exact) mass is 330 g/mol. The van der Waals surface area contributed by atoms with Crippen molar-refractivity contribution in [1.29, 1.82) is 0 Å². The summed E-state index contributed by atoms with van der Waals surface area (Å²) in [5, 5.41) is 6.18. The Labute approximate surface area is 140 Å². The lowest BCUT2D eigenvalue weighted by Gasteiger charge is -2.20. The molecule has 4 nitrogen and oxygen atoms in total. The summed E-state index contributed by atoms with van der Waals surface area (Å²) >= 11 is 1.67. The minimum Gasteiger partial charge on any atom is -0.381 e. The van der Waals surface area contributed by atoms with Crippen LogP contribution in [0.3, 0.4) is 0 Å². The number of rotatable bonds is 6. The van der Waals surface area contributed by atoms with E-state index in [0.717, 1.165) is 36.4 Å². The predicted octanol–water partition coefficient (Wildman–Crippen LogP) is 2.97. The molecular formula is C18H22N2O2S. The predicted molar refractivity (Wildman–Crippen MR) is 91.4 cm³/mol. The van der Waals surface area contributed by atoms with E-state index in [1.165, 1.54) is 5.56 Å². The summed E-state index contributed by atoms with van der Waals surface area (Å²) in [5.41, 5.74) is 2.29. The Kier molecular flexibility index (Phi) is 5.77. The molecule has 1 saturated heterocycles. The van der Waals surface area contributed by atoms with Crippen LogP contribution in [0.4, 0.5) is 0 Å². The highest BCUT2D eigenvalue weighted by Gasteiger charge is 2.21. The van der Waals surface area contributed by atoms with Gasteiger partial charge in [0.1, 0.15) is 0 Å². The lowest BCUT2D eigenvalue weighted by atomic mass is 9.99. The second kappa shape index (κ2) is 8.22. The first-order chi connectivity index (χ1) is 11.3. The van der Waals surface area contributed by atoms with E-state index in [1.807, 2.05) is 11.4 Å². The minimum atomic E-state index is 0.0972. The van der Waals surface area contributed by atoms with E-state index in [2.05, 4.69) is 34.6 Å². The third-order valence-corrected chi connectivity index (χ3v) is 5.06. The molecule has 2 aromatic rings. The Morgan fingerprint density at radius 2 is 2.00 bits per heavy atom. The summed E-state index contributed by atoms with van der Waals surface area (Å²) in [6, 6.07) is 10.4. The maximum atomic E-state index is 12.1. The van der Waals surface area contributed by atoms with Crippen LogP contribution in [0.1, 0.15) is 29.1 Å². The smallest absolute Gasteiger partial charge is 0.223 e. The van der Waals surface area contributed by atoms with E-state index in [4.69, 9.17) is 4.74 Å². The molecule has 0 radical (unpaired) electrons. The van der Waals surface area contributed by atoms with Gasteiger partial charge < -0.3 is 10.1 Å². The van der Waals surface area contributed by atoms with Gasteiger partial charge in [0.05, 0.1) is 17.2 Å². The van der Waals surface area contributed by atoms with Gasteiger partial charge in [-0.3, -0.25) is 4.79 Å². The number of benzene rings is 1. The number of ether oxygens (including phenoxy) is 1. The van der Waals surface area contributed by atoms with Crippen molar-refractivity contribution in [2.45, 2.75) is 32.2 Å². The van der Waals surface area contributed by atoms with Gasteiger partial charge in [0.2, 0.25) is 5.91 Å². The number of carbonyl (C=O) groups is 1. The van der Waals surface area contributed by atoms with Crippen LogP contribution in [0.25, 0.3) is 0 Å². The summed E-state index contributed by atoms with van der Waals surface area (Å²) in [6.07, 6.45) is 3.60. The van der Waals surface area contributed by atoms with E-state index in [0.29, 0.717) is 19.8 Å². The number of aromatic nitrogens is 1. The second-order valence-corrected chi connectivity index (χ2v) is 6.77. The van der Waals surface area contributed by atoms with E-state index in [-0.39, 0.29) is 11.8 Å². The SMILES string of the molecule is O=C(NCc1csc(CCc2ccccc2)n1)C1CCOCC1. The zero-order valence-electron chi connectivity index (χ0n) is 13.2. The zero-order chi connectivity index (χ0) is 15.9. The van der Waals surface area contributed by atoms with Crippen LogP contribution in [0.15, 0.2) is 35.7 Å².